The molecule has 0 atom stereocenters. The van der Waals surface area contributed by atoms with Gasteiger partial charge in [0.1, 0.15) is 17.8 Å². The summed E-state index contributed by atoms with van der Waals surface area (Å²) >= 11 is 12.2. The minimum absolute atomic E-state index is 0.167. The van der Waals surface area contributed by atoms with Gasteiger partial charge < -0.3 is 5.32 Å². The number of hydrogen-bond acceptors (Lipinski definition) is 4. The van der Waals surface area contributed by atoms with Crippen LogP contribution >= 0.6 is 23.2 Å². The molecule has 0 spiro atoms. The summed E-state index contributed by atoms with van der Waals surface area (Å²) in [6, 6.07) is 12.5. The average Bonchev–Trinajstić information content (AvgIpc) is 3.14. The third-order valence-corrected chi connectivity index (χ3v) is 4.48. The monoisotopic (exact) mass is 415 g/mol. The summed E-state index contributed by atoms with van der Waals surface area (Å²) in [4.78, 5) is 12.6. The van der Waals surface area contributed by atoms with Crippen molar-refractivity contribution >= 4 is 34.8 Å². The van der Waals surface area contributed by atoms with E-state index in [0.29, 0.717) is 26.8 Å². The molecule has 2 aromatic carbocycles. The van der Waals surface area contributed by atoms with Crippen LogP contribution < -0.4 is 5.32 Å². The normalized spacial score (nSPS) is 11.0. The highest BCUT2D eigenvalue weighted by Crippen LogP contribution is 2.29. The molecular weight excluding hydrogens is 404 g/mol. The van der Waals surface area contributed by atoms with Crippen molar-refractivity contribution in [1.29, 1.82) is 0 Å². The minimum Gasteiger partial charge on any atom is -0.347 e. The van der Waals surface area contributed by atoms with Gasteiger partial charge in [-0.05, 0) is 47.5 Å². The number of nitrogens with one attached hydrogen (secondary N) is 1. The smallest absolute Gasteiger partial charge is 0.272 e. The lowest BCUT2D eigenvalue weighted by atomic mass is 10.1. The lowest BCUT2D eigenvalue weighted by Crippen LogP contribution is -2.24. The Labute approximate surface area is 168 Å². The Morgan fingerprint density at radius 1 is 1.07 bits per heavy atom. The molecule has 2 heterocycles. The molecule has 0 aliphatic carbocycles. The van der Waals surface area contributed by atoms with Gasteiger partial charge in [0.25, 0.3) is 5.91 Å². The molecule has 0 aliphatic heterocycles. The van der Waals surface area contributed by atoms with Gasteiger partial charge in [0.05, 0.1) is 0 Å². The van der Waals surface area contributed by atoms with Crippen LogP contribution in [-0.4, -0.2) is 25.7 Å². The highest BCUT2D eigenvalue weighted by atomic mass is 35.5. The Balaban J connectivity index is 1.67. The van der Waals surface area contributed by atoms with Gasteiger partial charge in [-0.2, -0.15) is 9.61 Å². The number of rotatable bonds is 4. The summed E-state index contributed by atoms with van der Waals surface area (Å²) < 4.78 is 14.4. The number of carbonyl (C=O) groups is 1. The summed E-state index contributed by atoms with van der Waals surface area (Å²) in [5.74, 6) is -0.728. The molecule has 0 radical (unpaired) electrons. The first-order valence-corrected chi connectivity index (χ1v) is 8.95. The first kappa shape index (κ1) is 18.3. The highest BCUT2D eigenvalue weighted by Gasteiger charge is 2.16. The molecule has 4 rings (SSSR count). The standard InChI is InChI=1S/C19H12Cl2FN5O/c20-13-5-12(6-14(21)7-13)16-8-17(26-27-10-24-25-18(16)27)19(28)23-9-11-1-3-15(22)4-2-11/h1-8,10H,9H2,(H,23,28). The number of aromatic nitrogens is 4. The number of halogens is 3. The van der Waals surface area contributed by atoms with E-state index in [1.165, 1.54) is 23.0 Å². The van der Waals surface area contributed by atoms with E-state index in [2.05, 4.69) is 20.6 Å². The van der Waals surface area contributed by atoms with E-state index >= 15 is 0 Å². The summed E-state index contributed by atoms with van der Waals surface area (Å²) in [6.45, 7) is 0.235. The predicted octanol–water partition coefficient (Wildman–Crippen LogP) is 4.17. The van der Waals surface area contributed by atoms with Crippen molar-refractivity contribution < 1.29 is 9.18 Å². The molecular formula is C19H12Cl2FN5O. The second-order valence-electron chi connectivity index (χ2n) is 6.01. The van der Waals surface area contributed by atoms with Crippen LogP contribution in [0.2, 0.25) is 10.0 Å². The van der Waals surface area contributed by atoms with E-state index in [1.807, 2.05) is 0 Å². The molecule has 0 unspecified atom stereocenters. The summed E-state index contributed by atoms with van der Waals surface area (Å²) in [7, 11) is 0. The number of fused-ring (bicyclic) bond motifs is 1. The fourth-order valence-electron chi connectivity index (χ4n) is 2.73. The van der Waals surface area contributed by atoms with Crippen molar-refractivity contribution in [2.45, 2.75) is 6.54 Å². The van der Waals surface area contributed by atoms with Crippen LogP contribution in [0.15, 0.2) is 54.9 Å². The number of amides is 1. The second-order valence-corrected chi connectivity index (χ2v) is 6.88. The predicted molar refractivity (Wildman–Crippen MR) is 104 cm³/mol. The maximum absolute atomic E-state index is 13.0. The molecule has 0 aliphatic rings. The van der Waals surface area contributed by atoms with E-state index in [4.69, 9.17) is 23.2 Å². The van der Waals surface area contributed by atoms with Crippen LogP contribution in [0.3, 0.4) is 0 Å². The lowest BCUT2D eigenvalue weighted by molar-refractivity contribution is 0.0944. The fourth-order valence-corrected chi connectivity index (χ4v) is 3.26. The Bertz CT molecular complexity index is 1160. The Hall–Kier alpha value is -3.03. The van der Waals surface area contributed by atoms with Gasteiger partial charge in [-0.15, -0.1) is 10.2 Å². The van der Waals surface area contributed by atoms with Gasteiger partial charge in [-0.25, -0.2) is 4.39 Å². The third-order valence-electron chi connectivity index (χ3n) is 4.04. The van der Waals surface area contributed by atoms with Gasteiger partial charge in [0.2, 0.25) is 0 Å². The van der Waals surface area contributed by atoms with Crippen LogP contribution in [0.4, 0.5) is 4.39 Å². The number of nitrogens with zero attached hydrogens (tertiary/aromatic N) is 4. The van der Waals surface area contributed by atoms with E-state index in [-0.39, 0.29) is 18.1 Å². The van der Waals surface area contributed by atoms with Crippen molar-refractivity contribution in [2.24, 2.45) is 0 Å². The molecule has 0 bridgehead atoms. The van der Waals surface area contributed by atoms with Crippen molar-refractivity contribution in [3.05, 3.63) is 82.0 Å². The van der Waals surface area contributed by atoms with E-state index < -0.39 is 5.91 Å². The minimum atomic E-state index is -0.394. The zero-order valence-electron chi connectivity index (χ0n) is 14.2. The lowest BCUT2D eigenvalue weighted by Gasteiger charge is -2.09. The quantitative estimate of drug-likeness (QED) is 0.542. The molecule has 6 nitrogen and oxygen atoms in total. The van der Waals surface area contributed by atoms with Crippen molar-refractivity contribution in [2.75, 3.05) is 0 Å². The summed E-state index contributed by atoms with van der Waals surface area (Å²) in [6.07, 6.45) is 1.40. The van der Waals surface area contributed by atoms with Crippen LogP contribution in [-0.2, 0) is 6.54 Å². The van der Waals surface area contributed by atoms with Crippen molar-refractivity contribution in [1.82, 2.24) is 25.1 Å². The van der Waals surface area contributed by atoms with Gasteiger partial charge in [0.15, 0.2) is 5.65 Å². The second kappa shape index (κ2) is 7.53. The van der Waals surface area contributed by atoms with Gasteiger partial charge in [0, 0.05) is 22.2 Å². The topological polar surface area (TPSA) is 72.2 Å². The van der Waals surface area contributed by atoms with Crippen LogP contribution in [0.1, 0.15) is 16.1 Å². The first-order valence-electron chi connectivity index (χ1n) is 8.20. The zero-order chi connectivity index (χ0) is 19.7. The Morgan fingerprint density at radius 2 is 1.79 bits per heavy atom. The molecule has 1 amide bonds. The van der Waals surface area contributed by atoms with Crippen molar-refractivity contribution in [3.8, 4) is 11.1 Å². The molecule has 28 heavy (non-hydrogen) atoms. The number of carbonyl (C=O) groups excluding carboxylic acids is 1. The van der Waals surface area contributed by atoms with Crippen LogP contribution in [0.25, 0.3) is 16.8 Å². The summed E-state index contributed by atoms with van der Waals surface area (Å²) in [5, 5.41) is 15.8. The van der Waals surface area contributed by atoms with Crippen LogP contribution in [0, 0.1) is 5.82 Å². The van der Waals surface area contributed by atoms with Gasteiger partial charge >= 0.3 is 0 Å². The van der Waals surface area contributed by atoms with E-state index in [9.17, 15) is 9.18 Å². The zero-order valence-corrected chi connectivity index (χ0v) is 15.7. The van der Waals surface area contributed by atoms with Gasteiger partial charge in [-0.3, -0.25) is 4.79 Å². The molecule has 0 fully saturated rings. The highest BCUT2D eigenvalue weighted by molar-refractivity contribution is 6.35. The molecule has 4 aromatic rings. The SMILES string of the molecule is O=C(NCc1ccc(F)cc1)c1cc(-c2cc(Cl)cc(Cl)c2)c2nncn2n1. The maximum Gasteiger partial charge on any atom is 0.272 e. The molecule has 0 saturated carbocycles. The van der Waals surface area contributed by atoms with Gasteiger partial charge in [-0.1, -0.05) is 35.3 Å². The molecule has 1 N–H and O–H groups in total. The molecule has 140 valence electrons. The van der Waals surface area contributed by atoms with E-state index in [1.54, 1.807) is 36.4 Å². The van der Waals surface area contributed by atoms with E-state index in [0.717, 1.165) is 5.56 Å². The maximum atomic E-state index is 13.0. The number of hydrogen-bond donors (Lipinski definition) is 1. The van der Waals surface area contributed by atoms with Crippen LogP contribution in [0.5, 0.6) is 0 Å². The first-order chi connectivity index (χ1) is 13.5. The average molecular weight is 416 g/mol. The largest absolute Gasteiger partial charge is 0.347 e. The fraction of sp³-hybridized carbons (Fsp3) is 0.0526. The molecule has 0 saturated heterocycles. The molecule has 2 aromatic heterocycles. The summed E-state index contributed by atoms with van der Waals surface area (Å²) in [5.41, 5.74) is 2.70. The third kappa shape index (κ3) is 3.81. The number of benzene rings is 2. The van der Waals surface area contributed by atoms with Crippen molar-refractivity contribution in [3.63, 3.8) is 0 Å². The Morgan fingerprint density at radius 3 is 2.50 bits per heavy atom. The Kier molecular flexibility index (Phi) is 4.93. The molecule has 9 heteroatoms.